The van der Waals surface area contributed by atoms with Crippen LogP contribution in [0.2, 0.25) is 0 Å². The molecule has 1 aromatic carbocycles. The monoisotopic (exact) mass is 275 g/mol. The zero-order valence-corrected chi connectivity index (χ0v) is 12.6. The summed E-state index contributed by atoms with van der Waals surface area (Å²) in [6.45, 7) is 2.21. The maximum absolute atomic E-state index is 5.27. The van der Waals surface area contributed by atoms with Gasteiger partial charge in [-0.2, -0.15) is 0 Å². The van der Waals surface area contributed by atoms with Crippen LogP contribution in [0.15, 0.2) is 35.7 Å². The Kier molecular flexibility index (Phi) is 5.00. The summed E-state index contributed by atoms with van der Waals surface area (Å²) >= 11 is 1.73. The Hall–Kier alpha value is -1.32. The molecule has 3 heteroatoms. The molecule has 0 bridgehead atoms. The average molecular weight is 275 g/mol. The molecule has 0 amide bonds. The van der Waals surface area contributed by atoms with Gasteiger partial charge < -0.3 is 10.1 Å². The Morgan fingerprint density at radius 2 is 2.16 bits per heavy atom. The van der Waals surface area contributed by atoms with Crippen molar-refractivity contribution in [2.75, 3.05) is 14.2 Å². The molecule has 1 aromatic heterocycles. The number of hydrogen-bond donors (Lipinski definition) is 1. The van der Waals surface area contributed by atoms with Gasteiger partial charge >= 0.3 is 0 Å². The van der Waals surface area contributed by atoms with Crippen LogP contribution in [0.4, 0.5) is 0 Å². The molecule has 1 N–H and O–H groups in total. The minimum atomic E-state index is 0.241. The van der Waals surface area contributed by atoms with Crippen LogP contribution in [-0.2, 0) is 6.42 Å². The molecule has 0 fully saturated rings. The van der Waals surface area contributed by atoms with Crippen LogP contribution in [0, 0.1) is 0 Å². The number of rotatable bonds is 6. The highest BCUT2D eigenvalue weighted by Crippen LogP contribution is 2.31. The van der Waals surface area contributed by atoms with Crippen molar-refractivity contribution >= 4 is 11.3 Å². The first kappa shape index (κ1) is 14.1. The van der Waals surface area contributed by atoms with Crippen LogP contribution in [0.5, 0.6) is 5.75 Å². The van der Waals surface area contributed by atoms with E-state index in [0.717, 1.165) is 12.2 Å². The Balaban J connectivity index is 2.28. The van der Waals surface area contributed by atoms with Gasteiger partial charge in [-0.15, -0.1) is 11.3 Å². The average Bonchev–Trinajstić information content (AvgIpc) is 2.89. The fraction of sp³-hybridized carbons (Fsp3) is 0.375. The zero-order valence-electron chi connectivity index (χ0n) is 11.8. The van der Waals surface area contributed by atoms with Crippen LogP contribution in [-0.4, -0.2) is 14.2 Å². The summed E-state index contributed by atoms with van der Waals surface area (Å²) in [4.78, 5) is 1.29. The van der Waals surface area contributed by atoms with Crippen molar-refractivity contribution in [1.29, 1.82) is 0 Å². The molecule has 0 saturated heterocycles. The van der Waals surface area contributed by atoms with Crippen molar-refractivity contribution in [3.63, 3.8) is 0 Å². The van der Waals surface area contributed by atoms with Crippen molar-refractivity contribution in [2.45, 2.75) is 25.8 Å². The van der Waals surface area contributed by atoms with Gasteiger partial charge in [0.1, 0.15) is 5.75 Å². The highest BCUT2D eigenvalue weighted by molar-refractivity contribution is 7.10. The first-order valence-electron chi connectivity index (χ1n) is 6.67. The highest BCUT2D eigenvalue weighted by atomic mass is 32.1. The molecule has 0 radical (unpaired) electrons. The lowest BCUT2D eigenvalue weighted by molar-refractivity contribution is 0.416. The van der Waals surface area contributed by atoms with E-state index < -0.39 is 0 Å². The van der Waals surface area contributed by atoms with Crippen molar-refractivity contribution in [2.24, 2.45) is 0 Å². The third-order valence-corrected chi connectivity index (χ3v) is 4.20. The summed E-state index contributed by atoms with van der Waals surface area (Å²) in [6, 6.07) is 11.2. The van der Waals surface area contributed by atoms with Gasteiger partial charge in [-0.3, -0.25) is 0 Å². The van der Waals surface area contributed by atoms with E-state index in [4.69, 9.17) is 4.74 Å². The summed E-state index contributed by atoms with van der Waals surface area (Å²) < 4.78 is 5.27. The fourth-order valence-electron chi connectivity index (χ4n) is 2.28. The molecule has 0 aliphatic rings. The van der Waals surface area contributed by atoms with Crippen molar-refractivity contribution in [1.82, 2.24) is 5.32 Å². The number of ether oxygens (including phenoxy) is 1. The molecule has 1 atom stereocenters. The number of nitrogens with one attached hydrogen (secondary N) is 1. The van der Waals surface area contributed by atoms with Gasteiger partial charge in [-0.1, -0.05) is 37.6 Å². The Morgan fingerprint density at radius 3 is 2.79 bits per heavy atom. The second-order valence-corrected chi connectivity index (χ2v) is 5.55. The first-order valence-corrected chi connectivity index (χ1v) is 7.55. The minimum absolute atomic E-state index is 0.241. The largest absolute Gasteiger partial charge is 0.496 e. The van der Waals surface area contributed by atoms with E-state index in [1.54, 1.807) is 18.4 Å². The van der Waals surface area contributed by atoms with Crippen LogP contribution >= 0.6 is 11.3 Å². The molecular weight excluding hydrogens is 254 g/mol. The second-order valence-electron chi connectivity index (χ2n) is 4.61. The number of benzene rings is 1. The van der Waals surface area contributed by atoms with E-state index in [0.29, 0.717) is 0 Å². The number of thiophene rings is 1. The van der Waals surface area contributed by atoms with Crippen LogP contribution in [0.1, 0.15) is 35.4 Å². The molecule has 0 saturated carbocycles. The third kappa shape index (κ3) is 3.37. The molecule has 1 unspecified atom stereocenters. The summed E-state index contributed by atoms with van der Waals surface area (Å²) in [7, 11) is 3.71. The highest BCUT2D eigenvalue weighted by Gasteiger charge is 2.14. The summed E-state index contributed by atoms with van der Waals surface area (Å²) in [5, 5.41) is 5.45. The van der Waals surface area contributed by atoms with Crippen LogP contribution in [0.25, 0.3) is 0 Å². The smallest absolute Gasteiger partial charge is 0.129 e. The van der Waals surface area contributed by atoms with Gasteiger partial charge in [0.05, 0.1) is 13.2 Å². The van der Waals surface area contributed by atoms with Crippen molar-refractivity contribution in [3.8, 4) is 5.75 Å². The van der Waals surface area contributed by atoms with Crippen molar-refractivity contribution in [3.05, 3.63) is 51.7 Å². The molecule has 0 aliphatic carbocycles. The number of aryl methyl sites for hydroxylation is 1. The van der Waals surface area contributed by atoms with Crippen LogP contribution in [0.3, 0.4) is 0 Å². The number of methoxy groups -OCH3 is 1. The lowest BCUT2D eigenvalue weighted by Crippen LogP contribution is -2.16. The lowest BCUT2D eigenvalue weighted by Gasteiger charge is -2.16. The van der Waals surface area contributed by atoms with Crippen molar-refractivity contribution < 1.29 is 4.74 Å². The zero-order chi connectivity index (χ0) is 13.7. The van der Waals surface area contributed by atoms with Gasteiger partial charge in [0.2, 0.25) is 0 Å². The maximum atomic E-state index is 5.27. The number of hydrogen-bond acceptors (Lipinski definition) is 3. The lowest BCUT2D eigenvalue weighted by atomic mass is 10.0. The predicted octanol–water partition coefficient (Wildman–Crippen LogP) is 4.02. The Labute approximate surface area is 119 Å². The quantitative estimate of drug-likeness (QED) is 0.860. The van der Waals surface area contributed by atoms with Gasteiger partial charge in [0.25, 0.3) is 0 Å². The fourth-order valence-corrected chi connectivity index (χ4v) is 3.27. The molecule has 2 nitrogen and oxygen atoms in total. The van der Waals surface area contributed by atoms with Gasteiger partial charge in [0.15, 0.2) is 0 Å². The molecule has 0 aliphatic heterocycles. The van der Waals surface area contributed by atoms with Gasteiger partial charge in [-0.05, 0) is 30.7 Å². The standard InChI is InChI=1S/C16H21NOS/c1-4-6-12-7-5-8-13(9-12)16(17-2)15-10-14(18-3)11-19-15/h5,7-11,16-17H,4,6H2,1-3H3. The molecular formula is C16H21NOS. The van der Waals surface area contributed by atoms with E-state index in [1.807, 2.05) is 7.05 Å². The van der Waals surface area contributed by atoms with Gasteiger partial charge in [0, 0.05) is 10.3 Å². The Bertz CT molecular complexity index is 521. The summed E-state index contributed by atoms with van der Waals surface area (Å²) in [6.07, 6.45) is 2.32. The molecule has 0 spiro atoms. The molecule has 102 valence electrons. The van der Waals surface area contributed by atoms with E-state index in [1.165, 1.54) is 22.4 Å². The first-order chi connectivity index (χ1) is 9.28. The van der Waals surface area contributed by atoms with Crippen LogP contribution < -0.4 is 10.1 Å². The van der Waals surface area contributed by atoms with E-state index >= 15 is 0 Å². The third-order valence-electron chi connectivity index (χ3n) is 3.23. The topological polar surface area (TPSA) is 21.3 Å². The molecule has 19 heavy (non-hydrogen) atoms. The maximum Gasteiger partial charge on any atom is 0.129 e. The molecule has 2 rings (SSSR count). The Morgan fingerprint density at radius 1 is 1.32 bits per heavy atom. The SMILES string of the molecule is CCCc1cccc(C(NC)c2cc(OC)cs2)c1. The minimum Gasteiger partial charge on any atom is -0.496 e. The normalized spacial score (nSPS) is 12.4. The summed E-state index contributed by atoms with van der Waals surface area (Å²) in [5.74, 6) is 0.935. The second kappa shape index (κ2) is 6.73. The molecule has 2 aromatic rings. The van der Waals surface area contributed by atoms with E-state index in [-0.39, 0.29) is 6.04 Å². The van der Waals surface area contributed by atoms with Gasteiger partial charge in [-0.25, -0.2) is 0 Å². The van der Waals surface area contributed by atoms with E-state index in [2.05, 4.69) is 48.0 Å². The molecule has 1 heterocycles. The predicted molar refractivity (Wildman–Crippen MR) is 82.2 cm³/mol. The van der Waals surface area contributed by atoms with E-state index in [9.17, 15) is 0 Å². The summed E-state index contributed by atoms with van der Waals surface area (Å²) in [5.41, 5.74) is 2.72.